The molecule has 2 N–H and O–H groups in total. The first-order chi connectivity index (χ1) is 8.33. The van der Waals surface area contributed by atoms with Crippen molar-refractivity contribution in [1.82, 2.24) is 4.98 Å². The summed E-state index contributed by atoms with van der Waals surface area (Å²) in [5.74, 6) is 1.59. The second-order valence-corrected chi connectivity index (χ2v) is 4.04. The molecule has 0 saturated heterocycles. The molecular weight excluding hydrogens is 216 g/mol. The molecule has 92 valence electrons. The average molecular weight is 234 g/mol. The van der Waals surface area contributed by atoms with Gasteiger partial charge >= 0.3 is 0 Å². The summed E-state index contributed by atoms with van der Waals surface area (Å²) >= 11 is 0. The van der Waals surface area contributed by atoms with E-state index in [0.717, 1.165) is 55.0 Å². The molecule has 17 heavy (non-hydrogen) atoms. The smallest absolute Gasteiger partial charge is 0.195 e. The Morgan fingerprint density at radius 3 is 2.94 bits per heavy atom. The molecular formula is C13H18N2O2. The van der Waals surface area contributed by atoms with Gasteiger partial charge in [-0.15, -0.1) is 0 Å². The minimum Gasteiger partial charge on any atom is -0.497 e. The van der Waals surface area contributed by atoms with Crippen LogP contribution in [0.4, 0.5) is 0 Å². The fourth-order valence-electron chi connectivity index (χ4n) is 1.78. The van der Waals surface area contributed by atoms with E-state index in [4.69, 9.17) is 14.9 Å². The molecule has 1 aromatic carbocycles. The number of aromatic nitrogens is 1. The number of ether oxygens (including phenoxy) is 1. The van der Waals surface area contributed by atoms with Gasteiger partial charge in [0.25, 0.3) is 0 Å². The Balaban J connectivity index is 2.04. The Morgan fingerprint density at radius 2 is 2.18 bits per heavy atom. The molecule has 0 aliphatic rings. The van der Waals surface area contributed by atoms with E-state index in [-0.39, 0.29) is 0 Å². The number of nitrogens with zero attached hydrogens (tertiary/aromatic N) is 1. The van der Waals surface area contributed by atoms with Crippen molar-refractivity contribution < 1.29 is 9.15 Å². The number of rotatable bonds is 6. The summed E-state index contributed by atoms with van der Waals surface area (Å²) in [7, 11) is 1.64. The maximum Gasteiger partial charge on any atom is 0.195 e. The first kappa shape index (κ1) is 11.9. The number of aryl methyl sites for hydroxylation is 1. The van der Waals surface area contributed by atoms with Crippen LogP contribution in [0.25, 0.3) is 11.1 Å². The van der Waals surface area contributed by atoms with Crippen LogP contribution in [0.5, 0.6) is 5.75 Å². The van der Waals surface area contributed by atoms with Gasteiger partial charge in [0.05, 0.1) is 7.11 Å². The standard InChI is InChI=1S/C13H18N2O2/c1-16-10-6-7-11-12(9-10)17-13(15-11)5-3-2-4-8-14/h6-7,9H,2-5,8,14H2,1H3. The van der Waals surface area contributed by atoms with E-state index < -0.39 is 0 Å². The van der Waals surface area contributed by atoms with E-state index in [2.05, 4.69) is 4.98 Å². The van der Waals surface area contributed by atoms with Crippen LogP contribution >= 0.6 is 0 Å². The van der Waals surface area contributed by atoms with Gasteiger partial charge in [-0.05, 0) is 31.5 Å². The van der Waals surface area contributed by atoms with Gasteiger partial charge in [-0.3, -0.25) is 0 Å². The molecule has 1 aromatic heterocycles. The fourth-order valence-corrected chi connectivity index (χ4v) is 1.78. The molecule has 0 unspecified atom stereocenters. The predicted octanol–water partition coefficient (Wildman–Crippen LogP) is 2.51. The third-order valence-corrected chi connectivity index (χ3v) is 2.73. The highest BCUT2D eigenvalue weighted by atomic mass is 16.5. The number of hydrogen-bond acceptors (Lipinski definition) is 4. The van der Waals surface area contributed by atoms with E-state index in [9.17, 15) is 0 Å². The van der Waals surface area contributed by atoms with Crippen LogP contribution in [0.2, 0.25) is 0 Å². The van der Waals surface area contributed by atoms with Crippen molar-refractivity contribution in [2.45, 2.75) is 25.7 Å². The van der Waals surface area contributed by atoms with Crippen molar-refractivity contribution in [2.75, 3.05) is 13.7 Å². The highest BCUT2D eigenvalue weighted by molar-refractivity contribution is 5.74. The van der Waals surface area contributed by atoms with Crippen LogP contribution in [0, 0.1) is 0 Å². The SMILES string of the molecule is COc1ccc2nc(CCCCCN)oc2c1. The van der Waals surface area contributed by atoms with E-state index >= 15 is 0 Å². The third kappa shape index (κ3) is 2.97. The molecule has 0 amide bonds. The lowest BCUT2D eigenvalue weighted by molar-refractivity contribution is 0.414. The largest absolute Gasteiger partial charge is 0.497 e. The topological polar surface area (TPSA) is 61.3 Å². The Bertz CT molecular complexity index is 479. The molecule has 0 fully saturated rings. The molecule has 0 radical (unpaired) electrons. The summed E-state index contributed by atoms with van der Waals surface area (Å²) < 4.78 is 10.8. The summed E-state index contributed by atoms with van der Waals surface area (Å²) in [6.45, 7) is 0.755. The summed E-state index contributed by atoms with van der Waals surface area (Å²) in [5.41, 5.74) is 7.13. The predicted molar refractivity (Wildman–Crippen MR) is 67.2 cm³/mol. The summed E-state index contributed by atoms with van der Waals surface area (Å²) in [6.07, 6.45) is 4.13. The molecule has 4 nitrogen and oxygen atoms in total. The van der Waals surface area contributed by atoms with Crippen molar-refractivity contribution in [1.29, 1.82) is 0 Å². The number of methoxy groups -OCH3 is 1. The number of unbranched alkanes of at least 4 members (excludes halogenated alkanes) is 2. The number of nitrogens with two attached hydrogens (primary N) is 1. The van der Waals surface area contributed by atoms with E-state index in [0.29, 0.717) is 0 Å². The lowest BCUT2D eigenvalue weighted by atomic mass is 10.2. The van der Waals surface area contributed by atoms with E-state index in [1.54, 1.807) is 7.11 Å². The molecule has 2 rings (SSSR count). The van der Waals surface area contributed by atoms with Gasteiger partial charge in [-0.1, -0.05) is 6.42 Å². The monoisotopic (exact) mass is 234 g/mol. The lowest BCUT2D eigenvalue weighted by Gasteiger charge is -1.96. The number of oxazole rings is 1. The van der Waals surface area contributed by atoms with Crippen LogP contribution in [-0.2, 0) is 6.42 Å². The average Bonchev–Trinajstić information content (AvgIpc) is 2.76. The zero-order chi connectivity index (χ0) is 12.1. The van der Waals surface area contributed by atoms with Crippen molar-refractivity contribution in [2.24, 2.45) is 5.73 Å². The molecule has 4 heteroatoms. The summed E-state index contributed by atoms with van der Waals surface area (Å²) in [5, 5.41) is 0. The molecule has 0 aliphatic carbocycles. The van der Waals surface area contributed by atoms with Crippen molar-refractivity contribution in [3.8, 4) is 5.75 Å². The fraction of sp³-hybridized carbons (Fsp3) is 0.462. The van der Waals surface area contributed by atoms with Gasteiger partial charge in [0, 0.05) is 12.5 Å². The molecule has 0 saturated carbocycles. The molecule has 1 heterocycles. The second-order valence-electron chi connectivity index (χ2n) is 4.04. The zero-order valence-electron chi connectivity index (χ0n) is 10.1. The Kier molecular flexibility index (Phi) is 3.98. The third-order valence-electron chi connectivity index (χ3n) is 2.73. The Hall–Kier alpha value is -1.55. The highest BCUT2D eigenvalue weighted by Crippen LogP contribution is 2.22. The summed E-state index contributed by atoms with van der Waals surface area (Å²) in [6, 6.07) is 5.68. The number of benzene rings is 1. The Morgan fingerprint density at radius 1 is 1.29 bits per heavy atom. The number of fused-ring (bicyclic) bond motifs is 1. The van der Waals surface area contributed by atoms with Crippen LogP contribution in [0.3, 0.4) is 0 Å². The molecule has 0 atom stereocenters. The van der Waals surface area contributed by atoms with Crippen molar-refractivity contribution in [3.63, 3.8) is 0 Å². The maximum absolute atomic E-state index is 5.67. The number of hydrogen-bond donors (Lipinski definition) is 1. The van der Waals surface area contributed by atoms with Crippen LogP contribution in [0.1, 0.15) is 25.2 Å². The molecule has 0 aliphatic heterocycles. The lowest BCUT2D eigenvalue weighted by Crippen LogP contribution is -1.98. The minimum absolute atomic E-state index is 0.755. The maximum atomic E-state index is 5.67. The van der Waals surface area contributed by atoms with Gasteiger partial charge in [-0.25, -0.2) is 4.98 Å². The minimum atomic E-state index is 0.755. The van der Waals surface area contributed by atoms with Gasteiger partial charge < -0.3 is 14.9 Å². The first-order valence-electron chi connectivity index (χ1n) is 5.97. The van der Waals surface area contributed by atoms with Gasteiger partial charge in [0.2, 0.25) is 0 Å². The molecule has 0 spiro atoms. The van der Waals surface area contributed by atoms with Crippen LogP contribution in [0.15, 0.2) is 22.6 Å². The highest BCUT2D eigenvalue weighted by Gasteiger charge is 2.06. The quantitative estimate of drug-likeness (QED) is 0.780. The van der Waals surface area contributed by atoms with Crippen LogP contribution in [-0.4, -0.2) is 18.6 Å². The Labute approximate surface area is 101 Å². The first-order valence-corrected chi connectivity index (χ1v) is 5.97. The van der Waals surface area contributed by atoms with E-state index in [1.165, 1.54) is 0 Å². The van der Waals surface area contributed by atoms with Gasteiger partial charge in [-0.2, -0.15) is 0 Å². The summed E-state index contributed by atoms with van der Waals surface area (Å²) in [4.78, 5) is 4.43. The van der Waals surface area contributed by atoms with Crippen molar-refractivity contribution in [3.05, 3.63) is 24.1 Å². The zero-order valence-corrected chi connectivity index (χ0v) is 10.1. The van der Waals surface area contributed by atoms with E-state index in [1.807, 2.05) is 18.2 Å². The normalized spacial score (nSPS) is 10.9. The van der Waals surface area contributed by atoms with Gasteiger partial charge in [0.1, 0.15) is 11.3 Å². The molecule has 0 bridgehead atoms. The second kappa shape index (κ2) is 5.68. The van der Waals surface area contributed by atoms with Crippen molar-refractivity contribution >= 4 is 11.1 Å². The van der Waals surface area contributed by atoms with Gasteiger partial charge in [0.15, 0.2) is 11.5 Å². The molecule has 2 aromatic rings. The van der Waals surface area contributed by atoms with Crippen LogP contribution < -0.4 is 10.5 Å².